The van der Waals surface area contributed by atoms with Crippen LogP contribution in [0.5, 0.6) is 5.75 Å². The van der Waals surface area contributed by atoms with Gasteiger partial charge in [-0.2, -0.15) is 0 Å². The summed E-state index contributed by atoms with van der Waals surface area (Å²) in [6.45, 7) is 6.51. The number of benzene rings is 1. The molecule has 1 heterocycles. The van der Waals surface area contributed by atoms with Crippen molar-refractivity contribution >= 4 is 28.7 Å². The van der Waals surface area contributed by atoms with Gasteiger partial charge in [-0.1, -0.05) is 44.5 Å². The van der Waals surface area contributed by atoms with Gasteiger partial charge < -0.3 is 4.74 Å². The fourth-order valence-electron chi connectivity index (χ4n) is 1.74. The molecule has 1 aromatic carbocycles. The standard InChI is InChI=1S/C16H17ClO2S/c1-16(2,3)11-4-6-12(7-5-11)19-10-13(18)14-8-9-15(17)20-14/h4-9H,10H2,1-3H3. The quantitative estimate of drug-likeness (QED) is 0.746. The van der Waals surface area contributed by atoms with E-state index in [9.17, 15) is 4.79 Å². The van der Waals surface area contributed by atoms with Crippen LogP contribution in [-0.4, -0.2) is 12.4 Å². The van der Waals surface area contributed by atoms with Crippen LogP contribution in [0.25, 0.3) is 0 Å². The van der Waals surface area contributed by atoms with Crippen LogP contribution in [-0.2, 0) is 5.41 Å². The van der Waals surface area contributed by atoms with Crippen molar-refractivity contribution in [1.82, 2.24) is 0 Å². The Kier molecular flexibility index (Phi) is 4.51. The summed E-state index contributed by atoms with van der Waals surface area (Å²) in [5, 5.41) is 0. The van der Waals surface area contributed by atoms with Gasteiger partial charge in [-0.15, -0.1) is 11.3 Å². The molecule has 0 saturated carbocycles. The van der Waals surface area contributed by atoms with Gasteiger partial charge in [0.25, 0.3) is 0 Å². The first kappa shape index (κ1) is 15.1. The van der Waals surface area contributed by atoms with E-state index in [0.717, 1.165) is 0 Å². The van der Waals surface area contributed by atoms with E-state index in [2.05, 4.69) is 20.8 Å². The lowest BCUT2D eigenvalue weighted by molar-refractivity contribution is 0.0925. The molecular weight excluding hydrogens is 292 g/mol. The highest BCUT2D eigenvalue weighted by molar-refractivity contribution is 7.18. The number of hydrogen-bond donors (Lipinski definition) is 0. The van der Waals surface area contributed by atoms with Crippen molar-refractivity contribution < 1.29 is 9.53 Å². The van der Waals surface area contributed by atoms with Crippen molar-refractivity contribution in [1.29, 1.82) is 0 Å². The summed E-state index contributed by atoms with van der Waals surface area (Å²) in [6.07, 6.45) is 0. The van der Waals surface area contributed by atoms with Gasteiger partial charge in [0.1, 0.15) is 5.75 Å². The molecule has 0 saturated heterocycles. The van der Waals surface area contributed by atoms with Gasteiger partial charge in [-0.05, 0) is 35.2 Å². The van der Waals surface area contributed by atoms with Crippen LogP contribution < -0.4 is 4.74 Å². The second-order valence-electron chi connectivity index (χ2n) is 5.59. The lowest BCUT2D eigenvalue weighted by Gasteiger charge is -2.19. The molecule has 0 N–H and O–H groups in total. The zero-order valence-electron chi connectivity index (χ0n) is 11.8. The Morgan fingerprint density at radius 2 is 1.80 bits per heavy atom. The van der Waals surface area contributed by atoms with Crippen molar-refractivity contribution in [2.24, 2.45) is 0 Å². The summed E-state index contributed by atoms with van der Waals surface area (Å²) in [4.78, 5) is 12.5. The number of thiophene rings is 1. The van der Waals surface area contributed by atoms with Gasteiger partial charge in [-0.25, -0.2) is 0 Å². The first-order valence-corrected chi connectivity index (χ1v) is 7.57. The smallest absolute Gasteiger partial charge is 0.210 e. The number of carbonyl (C=O) groups is 1. The molecule has 0 radical (unpaired) electrons. The largest absolute Gasteiger partial charge is 0.485 e. The molecule has 0 amide bonds. The van der Waals surface area contributed by atoms with Crippen molar-refractivity contribution in [3.8, 4) is 5.75 Å². The molecule has 1 aromatic heterocycles. The van der Waals surface area contributed by atoms with Crippen LogP contribution >= 0.6 is 22.9 Å². The molecule has 0 spiro atoms. The molecule has 106 valence electrons. The van der Waals surface area contributed by atoms with Crippen molar-refractivity contribution in [2.45, 2.75) is 26.2 Å². The van der Waals surface area contributed by atoms with E-state index in [4.69, 9.17) is 16.3 Å². The maximum absolute atomic E-state index is 11.9. The van der Waals surface area contributed by atoms with Crippen LogP contribution in [0, 0.1) is 0 Å². The number of halogens is 1. The second-order valence-corrected chi connectivity index (χ2v) is 7.31. The Morgan fingerprint density at radius 1 is 1.15 bits per heavy atom. The predicted molar refractivity (Wildman–Crippen MR) is 84.3 cm³/mol. The van der Waals surface area contributed by atoms with Crippen molar-refractivity contribution in [3.05, 3.63) is 51.2 Å². The molecule has 0 bridgehead atoms. The molecule has 0 fully saturated rings. The first-order valence-electron chi connectivity index (χ1n) is 6.38. The first-order chi connectivity index (χ1) is 9.36. The topological polar surface area (TPSA) is 26.3 Å². The van der Waals surface area contributed by atoms with Crippen molar-refractivity contribution in [2.75, 3.05) is 6.61 Å². The minimum Gasteiger partial charge on any atom is -0.485 e. The van der Waals surface area contributed by atoms with Gasteiger partial charge in [0.15, 0.2) is 6.61 Å². The average molecular weight is 309 g/mol. The van der Waals surface area contributed by atoms with Gasteiger partial charge >= 0.3 is 0 Å². The zero-order chi connectivity index (χ0) is 14.8. The fraction of sp³-hybridized carbons (Fsp3) is 0.312. The highest BCUT2D eigenvalue weighted by atomic mass is 35.5. The molecule has 0 aliphatic rings. The average Bonchev–Trinajstić information content (AvgIpc) is 2.82. The molecule has 0 aliphatic heterocycles. The summed E-state index contributed by atoms with van der Waals surface area (Å²) in [5.41, 5.74) is 1.35. The van der Waals surface area contributed by atoms with Gasteiger partial charge in [0, 0.05) is 0 Å². The Morgan fingerprint density at radius 3 is 2.30 bits per heavy atom. The summed E-state index contributed by atoms with van der Waals surface area (Å²) in [6, 6.07) is 11.3. The molecule has 20 heavy (non-hydrogen) atoms. The minimum atomic E-state index is -0.0539. The monoisotopic (exact) mass is 308 g/mol. The van der Waals surface area contributed by atoms with Gasteiger partial charge in [0.2, 0.25) is 5.78 Å². The lowest BCUT2D eigenvalue weighted by atomic mass is 9.87. The summed E-state index contributed by atoms with van der Waals surface area (Å²) >= 11 is 7.08. The number of hydrogen-bond acceptors (Lipinski definition) is 3. The maximum atomic E-state index is 11.9. The Hall–Kier alpha value is -1.32. The van der Waals surface area contributed by atoms with E-state index in [1.807, 2.05) is 24.3 Å². The molecular formula is C16H17ClO2S. The van der Waals surface area contributed by atoms with Crippen LogP contribution in [0.15, 0.2) is 36.4 Å². The highest BCUT2D eigenvalue weighted by Gasteiger charge is 2.13. The van der Waals surface area contributed by atoms with Crippen LogP contribution in [0.3, 0.4) is 0 Å². The molecule has 4 heteroatoms. The van der Waals surface area contributed by atoms with E-state index in [1.165, 1.54) is 16.9 Å². The number of rotatable bonds is 4. The van der Waals surface area contributed by atoms with E-state index in [-0.39, 0.29) is 17.8 Å². The van der Waals surface area contributed by atoms with E-state index >= 15 is 0 Å². The zero-order valence-corrected chi connectivity index (χ0v) is 13.3. The molecule has 2 aromatic rings. The normalized spacial score (nSPS) is 11.4. The Bertz CT molecular complexity index is 594. The van der Waals surface area contributed by atoms with Crippen LogP contribution in [0.1, 0.15) is 36.0 Å². The van der Waals surface area contributed by atoms with E-state index in [1.54, 1.807) is 12.1 Å². The van der Waals surface area contributed by atoms with E-state index in [0.29, 0.717) is 15.0 Å². The summed E-state index contributed by atoms with van der Waals surface area (Å²) in [5.74, 6) is 0.649. The van der Waals surface area contributed by atoms with Crippen molar-refractivity contribution in [3.63, 3.8) is 0 Å². The number of carbonyl (C=O) groups excluding carboxylic acids is 1. The van der Waals surface area contributed by atoms with Crippen LogP contribution in [0.4, 0.5) is 0 Å². The van der Waals surface area contributed by atoms with Gasteiger partial charge in [0.05, 0.1) is 9.21 Å². The molecule has 2 rings (SSSR count). The Labute approximate surface area is 128 Å². The number of ketones is 1. The molecule has 0 unspecified atom stereocenters. The molecule has 2 nitrogen and oxygen atoms in total. The van der Waals surface area contributed by atoms with Gasteiger partial charge in [-0.3, -0.25) is 4.79 Å². The van der Waals surface area contributed by atoms with Crippen LogP contribution in [0.2, 0.25) is 4.34 Å². The minimum absolute atomic E-state index is 0.0334. The predicted octanol–water partition coefficient (Wildman–Crippen LogP) is 4.96. The summed E-state index contributed by atoms with van der Waals surface area (Å²) < 4.78 is 6.13. The third kappa shape index (κ3) is 3.84. The Balaban J connectivity index is 1.96. The SMILES string of the molecule is CC(C)(C)c1ccc(OCC(=O)c2ccc(Cl)s2)cc1. The maximum Gasteiger partial charge on any atom is 0.210 e. The number of Topliss-reactive ketones (excluding diaryl/α,β-unsaturated/α-hetero) is 1. The highest BCUT2D eigenvalue weighted by Crippen LogP contribution is 2.25. The second kappa shape index (κ2) is 5.98. The molecule has 0 atom stereocenters. The third-order valence-electron chi connectivity index (χ3n) is 2.94. The lowest BCUT2D eigenvalue weighted by Crippen LogP contribution is -2.12. The fourth-order valence-corrected chi connectivity index (χ4v) is 2.70. The van der Waals surface area contributed by atoms with E-state index < -0.39 is 0 Å². The number of ether oxygens (including phenoxy) is 1. The third-order valence-corrected chi connectivity index (χ3v) is 4.21. The molecule has 0 aliphatic carbocycles. The summed E-state index contributed by atoms with van der Waals surface area (Å²) in [7, 11) is 0.